The molecule has 32 heavy (non-hydrogen) atoms. The standard InChI is InChI=1S/C27H29FO4/c1-3-7-21(18-31-24-9-6-8-20(16-24)17-27(29)30-2)19-32-26-11-5-4-10-25(26)22-12-14-23(28)15-13-22/h4-6,8-16,21H,3,7,17-19H2,1-2H3. The van der Waals surface area contributed by atoms with Crippen LogP contribution in [-0.2, 0) is 16.0 Å². The van der Waals surface area contributed by atoms with Crippen molar-refractivity contribution in [1.29, 1.82) is 0 Å². The van der Waals surface area contributed by atoms with E-state index in [9.17, 15) is 9.18 Å². The number of halogens is 1. The summed E-state index contributed by atoms with van der Waals surface area (Å²) >= 11 is 0. The Morgan fingerprint density at radius 2 is 1.69 bits per heavy atom. The van der Waals surface area contributed by atoms with E-state index in [-0.39, 0.29) is 24.1 Å². The highest BCUT2D eigenvalue weighted by molar-refractivity contribution is 5.72. The van der Waals surface area contributed by atoms with E-state index in [0.29, 0.717) is 13.2 Å². The van der Waals surface area contributed by atoms with Crippen LogP contribution in [0.4, 0.5) is 4.39 Å². The molecule has 1 unspecified atom stereocenters. The minimum absolute atomic E-state index is 0.200. The second-order valence-corrected chi connectivity index (χ2v) is 7.68. The van der Waals surface area contributed by atoms with Crippen LogP contribution >= 0.6 is 0 Å². The Labute approximate surface area is 188 Å². The molecule has 0 aliphatic heterocycles. The van der Waals surface area contributed by atoms with Gasteiger partial charge >= 0.3 is 5.97 Å². The summed E-state index contributed by atoms with van der Waals surface area (Å²) < 4.78 is 30.2. The SMILES string of the molecule is CCCC(COc1cccc(CC(=O)OC)c1)COc1ccccc1-c1ccc(F)cc1. The third-order valence-corrected chi connectivity index (χ3v) is 5.17. The molecule has 0 fully saturated rings. The van der Waals surface area contributed by atoms with Crippen LogP contribution < -0.4 is 9.47 Å². The van der Waals surface area contributed by atoms with E-state index < -0.39 is 0 Å². The number of esters is 1. The average molecular weight is 437 g/mol. The van der Waals surface area contributed by atoms with Crippen LogP contribution in [0.5, 0.6) is 11.5 Å². The van der Waals surface area contributed by atoms with Gasteiger partial charge in [-0.2, -0.15) is 0 Å². The van der Waals surface area contributed by atoms with Crippen LogP contribution in [0.15, 0.2) is 72.8 Å². The van der Waals surface area contributed by atoms with Crippen molar-refractivity contribution in [1.82, 2.24) is 0 Å². The minimum Gasteiger partial charge on any atom is -0.493 e. The summed E-state index contributed by atoms with van der Waals surface area (Å²) in [4.78, 5) is 11.5. The second-order valence-electron chi connectivity index (χ2n) is 7.68. The Morgan fingerprint density at radius 3 is 2.44 bits per heavy atom. The van der Waals surface area contributed by atoms with Crippen molar-refractivity contribution in [2.45, 2.75) is 26.2 Å². The molecule has 1 atom stereocenters. The van der Waals surface area contributed by atoms with Gasteiger partial charge in [0.1, 0.15) is 17.3 Å². The van der Waals surface area contributed by atoms with Gasteiger partial charge in [-0.25, -0.2) is 4.39 Å². The smallest absolute Gasteiger partial charge is 0.309 e. The third kappa shape index (κ3) is 6.84. The van der Waals surface area contributed by atoms with E-state index in [0.717, 1.165) is 41.0 Å². The zero-order valence-electron chi connectivity index (χ0n) is 18.6. The van der Waals surface area contributed by atoms with Gasteiger partial charge in [0.05, 0.1) is 26.7 Å². The molecule has 0 spiro atoms. The second kappa shape index (κ2) is 11.9. The fraction of sp³-hybridized carbons (Fsp3) is 0.296. The van der Waals surface area contributed by atoms with Gasteiger partial charge < -0.3 is 14.2 Å². The molecule has 5 heteroatoms. The van der Waals surface area contributed by atoms with Gasteiger partial charge in [0.25, 0.3) is 0 Å². The van der Waals surface area contributed by atoms with Crippen molar-refractivity contribution in [3.8, 4) is 22.6 Å². The molecule has 0 aliphatic carbocycles. The Kier molecular flexibility index (Phi) is 8.67. The van der Waals surface area contributed by atoms with Crippen LogP contribution in [-0.4, -0.2) is 26.3 Å². The van der Waals surface area contributed by atoms with Gasteiger partial charge in [0, 0.05) is 11.5 Å². The summed E-state index contributed by atoms with van der Waals surface area (Å²) in [6.07, 6.45) is 2.19. The molecule has 0 heterocycles. The predicted molar refractivity (Wildman–Crippen MR) is 123 cm³/mol. The molecule has 0 saturated carbocycles. The lowest BCUT2D eigenvalue weighted by Crippen LogP contribution is -2.20. The van der Waals surface area contributed by atoms with Gasteiger partial charge in [-0.05, 0) is 47.9 Å². The topological polar surface area (TPSA) is 44.8 Å². The number of carbonyl (C=O) groups excluding carboxylic acids is 1. The van der Waals surface area contributed by atoms with Gasteiger partial charge in [-0.3, -0.25) is 4.79 Å². The maximum absolute atomic E-state index is 13.3. The Hall–Kier alpha value is -3.34. The number of hydrogen-bond acceptors (Lipinski definition) is 4. The highest BCUT2D eigenvalue weighted by Gasteiger charge is 2.13. The van der Waals surface area contributed by atoms with Gasteiger partial charge in [-0.15, -0.1) is 0 Å². The molecule has 0 bridgehead atoms. The average Bonchev–Trinajstić information content (AvgIpc) is 2.82. The van der Waals surface area contributed by atoms with Crippen LogP contribution in [0.25, 0.3) is 11.1 Å². The number of para-hydroxylation sites is 1. The molecule has 0 saturated heterocycles. The van der Waals surface area contributed by atoms with Gasteiger partial charge in [-0.1, -0.05) is 55.8 Å². The molecular formula is C27H29FO4. The summed E-state index contributed by atoms with van der Waals surface area (Å²) in [5, 5.41) is 0. The van der Waals surface area contributed by atoms with Crippen molar-refractivity contribution < 1.29 is 23.4 Å². The summed E-state index contributed by atoms with van der Waals surface area (Å²) in [6.45, 7) is 3.15. The normalized spacial score (nSPS) is 11.6. The van der Waals surface area contributed by atoms with Crippen LogP contribution in [0.3, 0.4) is 0 Å². The summed E-state index contributed by atoms with van der Waals surface area (Å²) in [6, 6.07) is 21.7. The Balaban J connectivity index is 1.63. The summed E-state index contributed by atoms with van der Waals surface area (Å²) in [5.41, 5.74) is 2.69. The van der Waals surface area contributed by atoms with Crippen molar-refractivity contribution in [2.24, 2.45) is 5.92 Å². The van der Waals surface area contributed by atoms with E-state index >= 15 is 0 Å². The first-order valence-corrected chi connectivity index (χ1v) is 10.9. The van der Waals surface area contributed by atoms with Crippen LogP contribution in [0, 0.1) is 11.7 Å². The number of hydrogen-bond donors (Lipinski definition) is 0. The van der Waals surface area contributed by atoms with Crippen LogP contribution in [0.2, 0.25) is 0 Å². The molecule has 3 aromatic rings. The zero-order valence-corrected chi connectivity index (χ0v) is 18.6. The van der Waals surface area contributed by atoms with Crippen LogP contribution in [0.1, 0.15) is 25.3 Å². The molecule has 3 rings (SSSR count). The van der Waals surface area contributed by atoms with Crippen molar-refractivity contribution in [2.75, 3.05) is 20.3 Å². The maximum atomic E-state index is 13.3. The lowest BCUT2D eigenvalue weighted by atomic mass is 10.0. The number of methoxy groups -OCH3 is 1. The predicted octanol–water partition coefficient (Wildman–Crippen LogP) is 6.08. The first-order chi connectivity index (χ1) is 15.6. The number of benzene rings is 3. The molecule has 0 radical (unpaired) electrons. The Bertz CT molecular complexity index is 1000. The van der Waals surface area contributed by atoms with E-state index in [4.69, 9.17) is 14.2 Å². The van der Waals surface area contributed by atoms with Crippen molar-refractivity contribution in [3.63, 3.8) is 0 Å². The van der Waals surface area contributed by atoms with E-state index in [1.165, 1.54) is 19.2 Å². The quantitative estimate of drug-likeness (QED) is 0.342. The lowest BCUT2D eigenvalue weighted by Gasteiger charge is -2.19. The molecule has 0 aliphatic rings. The highest BCUT2D eigenvalue weighted by atomic mass is 19.1. The van der Waals surface area contributed by atoms with E-state index in [1.807, 2.05) is 48.5 Å². The largest absolute Gasteiger partial charge is 0.493 e. The third-order valence-electron chi connectivity index (χ3n) is 5.17. The van der Waals surface area contributed by atoms with E-state index in [1.54, 1.807) is 12.1 Å². The summed E-state index contributed by atoms with van der Waals surface area (Å²) in [5.74, 6) is 1.15. The fourth-order valence-corrected chi connectivity index (χ4v) is 3.49. The molecule has 168 valence electrons. The monoisotopic (exact) mass is 436 g/mol. The Morgan fingerprint density at radius 1 is 0.938 bits per heavy atom. The number of carbonyl (C=O) groups is 1. The lowest BCUT2D eigenvalue weighted by molar-refractivity contribution is -0.139. The molecule has 0 amide bonds. The van der Waals surface area contributed by atoms with Gasteiger partial charge in [0.15, 0.2) is 0 Å². The fourth-order valence-electron chi connectivity index (χ4n) is 3.49. The minimum atomic E-state index is -0.278. The first-order valence-electron chi connectivity index (χ1n) is 10.9. The van der Waals surface area contributed by atoms with Gasteiger partial charge in [0.2, 0.25) is 0 Å². The van der Waals surface area contributed by atoms with Crippen molar-refractivity contribution in [3.05, 3.63) is 84.2 Å². The number of rotatable bonds is 11. The van der Waals surface area contributed by atoms with Crippen molar-refractivity contribution >= 4 is 5.97 Å². The molecule has 4 nitrogen and oxygen atoms in total. The highest BCUT2D eigenvalue weighted by Crippen LogP contribution is 2.30. The molecule has 0 aromatic heterocycles. The zero-order chi connectivity index (χ0) is 22.8. The molecular weight excluding hydrogens is 407 g/mol. The first kappa shape index (κ1) is 23.3. The number of ether oxygens (including phenoxy) is 3. The van der Waals surface area contributed by atoms with E-state index in [2.05, 4.69) is 6.92 Å². The molecule has 0 N–H and O–H groups in total. The molecule has 3 aromatic carbocycles. The summed E-state index contributed by atoms with van der Waals surface area (Å²) in [7, 11) is 1.38. The maximum Gasteiger partial charge on any atom is 0.309 e.